The van der Waals surface area contributed by atoms with Crippen LogP contribution in [0.2, 0.25) is 0 Å². The lowest BCUT2D eigenvalue weighted by Crippen LogP contribution is -2.29. The monoisotopic (exact) mass is 293 g/mol. The largest absolute Gasteiger partial charge is 0.497 e. The Kier molecular flexibility index (Phi) is 4.14. The van der Waals surface area contributed by atoms with E-state index in [1.807, 2.05) is 18.2 Å². The number of imidazole rings is 1. The minimum Gasteiger partial charge on any atom is -0.497 e. The van der Waals surface area contributed by atoms with Crippen molar-refractivity contribution in [2.75, 3.05) is 19.4 Å². The summed E-state index contributed by atoms with van der Waals surface area (Å²) in [6, 6.07) is 6.39. The van der Waals surface area contributed by atoms with Crippen molar-refractivity contribution >= 4 is 22.8 Å². The highest BCUT2D eigenvalue weighted by Gasteiger charge is 2.21. The van der Waals surface area contributed by atoms with E-state index in [9.17, 15) is 5.11 Å². The van der Waals surface area contributed by atoms with Gasteiger partial charge in [0.2, 0.25) is 0 Å². The Morgan fingerprint density at radius 1 is 1.55 bits per heavy atom. The molecule has 1 heterocycles. The van der Waals surface area contributed by atoms with Crippen molar-refractivity contribution in [1.82, 2.24) is 15.3 Å². The Balaban J connectivity index is 1.56. The third kappa shape index (κ3) is 3.45. The third-order valence-electron chi connectivity index (χ3n) is 3.30. The molecule has 1 aromatic heterocycles. The van der Waals surface area contributed by atoms with Crippen LogP contribution in [-0.4, -0.2) is 46.6 Å². The lowest BCUT2D eigenvalue weighted by atomic mass is 10.3. The van der Waals surface area contributed by atoms with Crippen LogP contribution in [-0.2, 0) is 0 Å². The van der Waals surface area contributed by atoms with Crippen molar-refractivity contribution < 1.29 is 9.84 Å². The predicted octanol–water partition coefficient (Wildman–Crippen LogP) is 1.78. The second-order valence-electron chi connectivity index (χ2n) is 5.07. The molecule has 1 fully saturated rings. The number of hydrogen-bond donors (Lipinski definition) is 3. The first kappa shape index (κ1) is 13.7. The molecule has 0 bridgehead atoms. The van der Waals surface area contributed by atoms with E-state index >= 15 is 0 Å². The molecule has 1 unspecified atom stereocenters. The van der Waals surface area contributed by atoms with Gasteiger partial charge >= 0.3 is 0 Å². The quantitative estimate of drug-likeness (QED) is 0.679. The lowest BCUT2D eigenvalue weighted by molar-refractivity contribution is 0.195. The fourth-order valence-corrected chi connectivity index (χ4v) is 2.80. The van der Waals surface area contributed by atoms with Gasteiger partial charge in [-0.25, -0.2) is 4.98 Å². The molecule has 3 rings (SSSR count). The number of aliphatic hydroxyl groups excluding tert-OH is 1. The minimum absolute atomic E-state index is 0.344. The van der Waals surface area contributed by atoms with Crippen LogP contribution in [0.15, 0.2) is 23.4 Å². The summed E-state index contributed by atoms with van der Waals surface area (Å²) in [7, 11) is 1.65. The van der Waals surface area contributed by atoms with E-state index in [0.29, 0.717) is 18.3 Å². The number of thioether (sulfide) groups is 1. The van der Waals surface area contributed by atoms with Gasteiger partial charge in [-0.3, -0.25) is 0 Å². The minimum atomic E-state index is -0.344. The third-order valence-corrected chi connectivity index (χ3v) is 4.32. The number of nitrogens with one attached hydrogen (secondary N) is 2. The van der Waals surface area contributed by atoms with E-state index in [-0.39, 0.29) is 6.10 Å². The number of H-pyrrole nitrogens is 1. The molecule has 1 aliphatic rings. The Morgan fingerprint density at radius 2 is 2.40 bits per heavy atom. The molecule has 20 heavy (non-hydrogen) atoms. The molecule has 1 saturated carbocycles. The molecular formula is C14H19N3O2S. The van der Waals surface area contributed by atoms with Crippen LogP contribution in [0.25, 0.3) is 11.0 Å². The van der Waals surface area contributed by atoms with E-state index in [2.05, 4.69) is 15.3 Å². The van der Waals surface area contributed by atoms with Crippen molar-refractivity contribution in [1.29, 1.82) is 0 Å². The maximum absolute atomic E-state index is 9.90. The molecule has 1 atom stereocenters. The zero-order valence-electron chi connectivity index (χ0n) is 11.4. The molecule has 1 aromatic carbocycles. The number of nitrogens with zero attached hydrogens (tertiary/aromatic N) is 1. The second-order valence-corrected chi connectivity index (χ2v) is 6.08. The highest BCUT2D eigenvalue weighted by molar-refractivity contribution is 7.99. The van der Waals surface area contributed by atoms with Crippen LogP contribution >= 0.6 is 11.8 Å². The Morgan fingerprint density at radius 3 is 3.15 bits per heavy atom. The number of benzene rings is 1. The molecule has 3 N–H and O–H groups in total. The number of ether oxygens (including phenoxy) is 1. The molecule has 108 valence electrons. The molecule has 0 radical (unpaired) electrons. The van der Waals surface area contributed by atoms with Crippen LogP contribution in [0.3, 0.4) is 0 Å². The smallest absolute Gasteiger partial charge is 0.166 e. The van der Waals surface area contributed by atoms with Gasteiger partial charge in [0, 0.05) is 24.4 Å². The number of aromatic amines is 1. The highest BCUT2D eigenvalue weighted by atomic mass is 32.2. The van der Waals surface area contributed by atoms with Gasteiger partial charge < -0.3 is 20.1 Å². The average molecular weight is 293 g/mol. The first-order chi connectivity index (χ1) is 9.74. The van der Waals surface area contributed by atoms with Crippen molar-refractivity contribution in [3.05, 3.63) is 18.2 Å². The van der Waals surface area contributed by atoms with Gasteiger partial charge in [0.05, 0.1) is 24.2 Å². The van der Waals surface area contributed by atoms with E-state index < -0.39 is 0 Å². The number of hydrogen-bond acceptors (Lipinski definition) is 5. The van der Waals surface area contributed by atoms with Gasteiger partial charge in [-0.15, -0.1) is 0 Å². The zero-order valence-corrected chi connectivity index (χ0v) is 12.2. The SMILES string of the molecule is COc1ccc2nc(SCC(O)CNC3CC3)[nH]c2c1. The lowest BCUT2D eigenvalue weighted by Gasteiger charge is -2.09. The highest BCUT2D eigenvalue weighted by Crippen LogP contribution is 2.23. The van der Waals surface area contributed by atoms with Gasteiger partial charge in [0.1, 0.15) is 5.75 Å². The molecule has 0 aliphatic heterocycles. The van der Waals surface area contributed by atoms with E-state index in [1.54, 1.807) is 18.9 Å². The summed E-state index contributed by atoms with van der Waals surface area (Å²) >= 11 is 1.54. The number of aliphatic hydroxyl groups is 1. The van der Waals surface area contributed by atoms with Gasteiger partial charge in [0.25, 0.3) is 0 Å². The van der Waals surface area contributed by atoms with E-state index in [1.165, 1.54) is 12.8 Å². The topological polar surface area (TPSA) is 70.2 Å². The number of aromatic nitrogens is 2. The van der Waals surface area contributed by atoms with Crippen LogP contribution in [0.1, 0.15) is 12.8 Å². The maximum atomic E-state index is 9.90. The summed E-state index contributed by atoms with van der Waals surface area (Å²) in [5, 5.41) is 14.1. The molecule has 0 saturated heterocycles. The second kappa shape index (κ2) is 6.03. The van der Waals surface area contributed by atoms with Crippen LogP contribution in [0, 0.1) is 0 Å². The van der Waals surface area contributed by atoms with Gasteiger partial charge in [-0.05, 0) is 25.0 Å². The van der Waals surface area contributed by atoms with Crippen molar-refractivity contribution in [2.45, 2.75) is 30.1 Å². The number of rotatable bonds is 7. The average Bonchev–Trinajstić information content (AvgIpc) is 3.20. The molecule has 1 aliphatic carbocycles. The van der Waals surface area contributed by atoms with Gasteiger partial charge in [-0.1, -0.05) is 11.8 Å². The van der Waals surface area contributed by atoms with E-state index in [4.69, 9.17) is 4.74 Å². The first-order valence-corrected chi connectivity index (χ1v) is 7.81. The van der Waals surface area contributed by atoms with Crippen molar-refractivity contribution in [3.63, 3.8) is 0 Å². The normalized spacial score (nSPS) is 16.5. The molecule has 0 amide bonds. The van der Waals surface area contributed by atoms with Crippen LogP contribution in [0.5, 0.6) is 5.75 Å². The summed E-state index contributed by atoms with van der Waals surface area (Å²) in [5.41, 5.74) is 1.87. The zero-order chi connectivity index (χ0) is 13.9. The first-order valence-electron chi connectivity index (χ1n) is 6.82. The fourth-order valence-electron chi connectivity index (χ4n) is 1.98. The fraction of sp³-hybridized carbons (Fsp3) is 0.500. The molecule has 5 nitrogen and oxygen atoms in total. The summed E-state index contributed by atoms with van der Waals surface area (Å²) < 4.78 is 5.19. The summed E-state index contributed by atoms with van der Waals surface area (Å²) in [6.07, 6.45) is 2.14. The standard InChI is InChI=1S/C14H19N3O2S/c1-19-11-4-5-12-13(6-11)17-14(16-12)20-8-10(18)7-15-9-2-3-9/h4-6,9-10,15,18H,2-3,7-8H2,1H3,(H,16,17). The van der Waals surface area contributed by atoms with Gasteiger partial charge in [-0.2, -0.15) is 0 Å². The van der Waals surface area contributed by atoms with E-state index in [0.717, 1.165) is 21.9 Å². The van der Waals surface area contributed by atoms with Crippen LogP contribution in [0.4, 0.5) is 0 Å². The molecule has 0 spiro atoms. The molecular weight excluding hydrogens is 274 g/mol. The number of methoxy groups -OCH3 is 1. The van der Waals surface area contributed by atoms with Crippen LogP contribution < -0.4 is 10.1 Å². The van der Waals surface area contributed by atoms with Crippen molar-refractivity contribution in [3.8, 4) is 5.75 Å². The summed E-state index contributed by atoms with van der Waals surface area (Å²) in [5.74, 6) is 1.45. The Bertz CT molecular complexity index is 583. The van der Waals surface area contributed by atoms with Crippen molar-refractivity contribution in [2.24, 2.45) is 0 Å². The Hall–Kier alpha value is -1.24. The summed E-state index contributed by atoms with van der Waals surface area (Å²) in [6.45, 7) is 0.658. The predicted molar refractivity (Wildman–Crippen MR) is 80.4 cm³/mol. The Labute approximate surface area is 122 Å². The maximum Gasteiger partial charge on any atom is 0.166 e. The van der Waals surface area contributed by atoms with Gasteiger partial charge in [0.15, 0.2) is 5.16 Å². The molecule has 6 heteroatoms. The number of fused-ring (bicyclic) bond motifs is 1. The summed E-state index contributed by atoms with van der Waals surface area (Å²) in [4.78, 5) is 7.73. The molecule has 2 aromatic rings.